The molecule has 0 saturated heterocycles. The minimum atomic E-state index is 0.00416. The first-order chi connectivity index (χ1) is 11.1. The maximum Gasteiger partial charge on any atom is 0.193 e. The number of aromatic nitrogens is 1. The first-order valence-electron chi connectivity index (χ1n) is 7.73. The van der Waals surface area contributed by atoms with Crippen molar-refractivity contribution in [2.24, 2.45) is 16.6 Å². The van der Waals surface area contributed by atoms with Gasteiger partial charge in [-0.25, -0.2) is 0 Å². The van der Waals surface area contributed by atoms with Crippen LogP contribution in [-0.2, 0) is 6.42 Å². The average molecular weight is 312 g/mol. The van der Waals surface area contributed by atoms with E-state index in [4.69, 9.17) is 5.73 Å². The molecule has 1 aromatic heterocycles. The Kier molecular flexibility index (Phi) is 6.11. The van der Waals surface area contributed by atoms with Gasteiger partial charge in [0, 0.05) is 36.6 Å². The van der Waals surface area contributed by atoms with E-state index in [2.05, 4.69) is 21.4 Å². The van der Waals surface area contributed by atoms with Gasteiger partial charge in [0.1, 0.15) is 0 Å². The number of aliphatic hydroxyl groups is 1. The molecule has 5 nitrogen and oxygen atoms in total. The Morgan fingerprint density at radius 1 is 1.26 bits per heavy atom. The van der Waals surface area contributed by atoms with Crippen molar-refractivity contribution in [3.8, 4) is 0 Å². The molecule has 0 spiro atoms. The Morgan fingerprint density at radius 2 is 2.00 bits per heavy atom. The molecule has 0 fully saturated rings. The number of aryl methyl sites for hydroxylation is 2. The molecule has 0 aliphatic heterocycles. The monoisotopic (exact) mass is 312 g/mol. The number of guanidine groups is 1. The Labute approximate surface area is 137 Å². The van der Waals surface area contributed by atoms with Gasteiger partial charge in [-0.1, -0.05) is 12.1 Å². The molecular formula is C18H24N4O. The van der Waals surface area contributed by atoms with Crippen molar-refractivity contribution in [1.82, 2.24) is 4.98 Å². The number of nitrogens with zero attached hydrogens (tertiary/aromatic N) is 2. The number of aliphatic imine (C=N–C) groups is 1. The van der Waals surface area contributed by atoms with Crippen LogP contribution in [0.2, 0.25) is 0 Å². The van der Waals surface area contributed by atoms with Crippen LogP contribution in [0.4, 0.5) is 5.69 Å². The fourth-order valence-corrected chi connectivity index (χ4v) is 2.46. The van der Waals surface area contributed by atoms with E-state index in [1.54, 1.807) is 6.20 Å². The van der Waals surface area contributed by atoms with Crippen LogP contribution in [0.15, 0.2) is 47.6 Å². The third-order valence-electron chi connectivity index (χ3n) is 3.50. The second kappa shape index (κ2) is 8.29. The standard InChI is InChI=1S/C18H24N4O/c1-13-7-14(2)9-17(8-13)22-18(19)21-11-15(12-23)10-16-5-3-4-6-20-16/h3-9,15,23H,10-12H2,1-2H3,(H3,19,21,22). The lowest BCUT2D eigenvalue weighted by atomic mass is 10.0. The first-order valence-corrected chi connectivity index (χ1v) is 7.73. The molecule has 5 heteroatoms. The number of nitrogens with one attached hydrogen (secondary N) is 1. The maximum absolute atomic E-state index is 9.50. The third kappa shape index (κ3) is 5.71. The Hall–Kier alpha value is -2.40. The SMILES string of the molecule is Cc1cc(C)cc(NC(N)=NCC(CO)Cc2ccccn2)c1. The Balaban J connectivity index is 1.94. The number of nitrogens with two attached hydrogens (primary N) is 1. The summed E-state index contributed by atoms with van der Waals surface area (Å²) in [6, 6.07) is 11.9. The lowest BCUT2D eigenvalue weighted by molar-refractivity contribution is 0.229. The summed E-state index contributed by atoms with van der Waals surface area (Å²) >= 11 is 0. The minimum absolute atomic E-state index is 0.00416. The molecule has 0 amide bonds. The van der Waals surface area contributed by atoms with Crippen LogP contribution in [-0.4, -0.2) is 29.2 Å². The lowest BCUT2D eigenvalue weighted by Crippen LogP contribution is -2.25. The summed E-state index contributed by atoms with van der Waals surface area (Å²) < 4.78 is 0. The van der Waals surface area contributed by atoms with Crippen LogP contribution in [0, 0.1) is 19.8 Å². The Morgan fingerprint density at radius 3 is 2.61 bits per heavy atom. The smallest absolute Gasteiger partial charge is 0.193 e. The van der Waals surface area contributed by atoms with E-state index in [1.807, 2.05) is 44.2 Å². The van der Waals surface area contributed by atoms with Crippen molar-refractivity contribution in [2.45, 2.75) is 20.3 Å². The van der Waals surface area contributed by atoms with Crippen LogP contribution >= 0.6 is 0 Å². The van der Waals surface area contributed by atoms with E-state index in [1.165, 1.54) is 11.1 Å². The van der Waals surface area contributed by atoms with Gasteiger partial charge >= 0.3 is 0 Å². The molecule has 2 rings (SSSR count). The quantitative estimate of drug-likeness (QED) is 0.564. The summed E-state index contributed by atoms with van der Waals surface area (Å²) in [5, 5.41) is 12.6. The summed E-state index contributed by atoms with van der Waals surface area (Å²) in [6.45, 7) is 4.59. The molecule has 2 aromatic rings. The molecule has 1 atom stereocenters. The maximum atomic E-state index is 9.50. The van der Waals surface area contributed by atoms with Crippen LogP contribution in [0.3, 0.4) is 0 Å². The van der Waals surface area contributed by atoms with Gasteiger partial charge in [-0.05, 0) is 55.7 Å². The van der Waals surface area contributed by atoms with E-state index in [9.17, 15) is 5.11 Å². The molecule has 0 saturated carbocycles. The highest BCUT2D eigenvalue weighted by Crippen LogP contribution is 2.13. The minimum Gasteiger partial charge on any atom is -0.396 e. The summed E-state index contributed by atoms with van der Waals surface area (Å²) in [4.78, 5) is 8.62. The predicted molar refractivity (Wildman–Crippen MR) is 94.5 cm³/mol. The van der Waals surface area contributed by atoms with Crippen LogP contribution in [0.5, 0.6) is 0 Å². The zero-order valence-electron chi connectivity index (χ0n) is 13.7. The fraction of sp³-hybridized carbons (Fsp3) is 0.333. The second-order valence-corrected chi connectivity index (χ2v) is 5.80. The number of rotatable bonds is 6. The largest absolute Gasteiger partial charge is 0.396 e. The van der Waals surface area contributed by atoms with E-state index in [0.29, 0.717) is 18.9 Å². The fourth-order valence-electron chi connectivity index (χ4n) is 2.46. The normalized spacial score (nSPS) is 12.9. The van der Waals surface area contributed by atoms with Crippen LogP contribution in [0.25, 0.3) is 0 Å². The van der Waals surface area contributed by atoms with Gasteiger partial charge in [0.2, 0.25) is 0 Å². The molecule has 23 heavy (non-hydrogen) atoms. The number of pyridine rings is 1. The lowest BCUT2D eigenvalue weighted by Gasteiger charge is -2.12. The highest BCUT2D eigenvalue weighted by atomic mass is 16.3. The predicted octanol–water partition coefficient (Wildman–Crippen LogP) is 2.28. The summed E-state index contributed by atoms with van der Waals surface area (Å²) in [6.07, 6.45) is 2.43. The molecule has 1 unspecified atom stereocenters. The van der Waals surface area contributed by atoms with Crippen LogP contribution < -0.4 is 11.1 Å². The number of benzene rings is 1. The zero-order chi connectivity index (χ0) is 16.7. The molecule has 1 heterocycles. The van der Waals surface area contributed by atoms with Crippen molar-refractivity contribution in [2.75, 3.05) is 18.5 Å². The molecule has 0 radical (unpaired) electrons. The van der Waals surface area contributed by atoms with Gasteiger partial charge in [-0.15, -0.1) is 0 Å². The van der Waals surface area contributed by atoms with Crippen LogP contribution in [0.1, 0.15) is 16.8 Å². The molecule has 122 valence electrons. The van der Waals surface area contributed by atoms with Crippen molar-refractivity contribution >= 4 is 11.6 Å². The number of hydrogen-bond donors (Lipinski definition) is 3. The van der Waals surface area contributed by atoms with Gasteiger partial charge in [0.25, 0.3) is 0 Å². The average Bonchev–Trinajstić information content (AvgIpc) is 2.51. The Bertz CT molecular complexity index is 635. The number of hydrogen-bond acceptors (Lipinski definition) is 3. The molecule has 0 aliphatic carbocycles. The van der Waals surface area contributed by atoms with Gasteiger partial charge in [0.15, 0.2) is 5.96 Å². The summed E-state index contributed by atoms with van der Waals surface area (Å²) in [5.74, 6) is 0.360. The second-order valence-electron chi connectivity index (χ2n) is 5.80. The van der Waals surface area contributed by atoms with Crippen molar-refractivity contribution < 1.29 is 5.11 Å². The van der Waals surface area contributed by atoms with E-state index in [0.717, 1.165) is 11.4 Å². The highest BCUT2D eigenvalue weighted by Gasteiger charge is 2.09. The highest BCUT2D eigenvalue weighted by molar-refractivity contribution is 5.92. The van der Waals surface area contributed by atoms with Gasteiger partial charge in [0.05, 0.1) is 0 Å². The van der Waals surface area contributed by atoms with E-state index in [-0.39, 0.29) is 12.5 Å². The molecule has 1 aromatic carbocycles. The van der Waals surface area contributed by atoms with Gasteiger partial charge in [-0.3, -0.25) is 9.98 Å². The number of anilines is 1. The number of aliphatic hydroxyl groups excluding tert-OH is 1. The molecule has 0 bridgehead atoms. The topological polar surface area (TPSA) is 83.5 Å². The molecule has 0 aliphatic rings. The van der Waals surface area contributed by atoms with Crippen molar-refractivity contribution in [3.05, 3.63) is 59.4 Å². The first kappa shape index (κ1) is 17.0. The molecular weight excluding hydrogens is 288 g/mol. The van der Waals surface area contributed by atoms with E-state index < -0.39 is 0 Å². The third-order valence-corrected chi connectivity index (χ3v) is 3.50. The van der Waals surface area contributed by atoms with Crippen molar-refractivity contribution in [3.63, 3.8) is 0 Å². The molecule has 4 N–H and O–H groups in total. The van der Waals surface area contributed by atoms with Gasteiger partial charge in [-0.2, -0.15) is 0 Å². The summed E-state index contributed by atoms with van der Waals surface area (Å²) in [7, 11) is 0. The van der Waals surface area contributed by atoms with E-state index >= 15 is 0 Å². The summed E-state index contributed by atoms with van der Waals surface area (Å²) in [5.41, 5.74) is 10.2. The van der Waals surface area contributed by atoms with Crippen molar-refractivity contribution in [1.29, 1.82) is 0 Å². The van der Waals surface area contributed by atoms with Gasteiger partial charge < -0.3 is 16.2 Å². The zero-order valence-corrected chi connectivity index (χ0v) is 13.7.